The highest BCUT2D eigenvalue weighted by Gasteiger charge is 2.27. The SMILES string of the molecule is CSc1cccc(NC(=O)N2CCC(c3nc(-c4ccccc4)no3)CC2)c1. The lowest BCUT2D eigenvalue weighted by molar-refractivity contribution is 0.187. The number of nitrogens with zero attached hydrogens (tertiary/aromatic N) is 3. The number of carbonyl (C=O) groups is 1. The number of rotatable bonds is 4. The van der Waals surface area contributed by atoms with Gasteiger partial charge in [0.15, 0.2) is 0 Å². The lowest BCUT2D eigenvalue weighted by Crippen LogP contribution is -2.40. The number of benzene rings is 2. The molecule has 2 amide bonds. The first-order valence-corrected chi connectivity index (χ1v) is 10.5. The van der Waals surface area contributed by atoms with Crippen LogP contribution in [0.25, 0.3) is 11.4 Å². The van der Waals surface area contributed by atoms with Crippen LogP contribution >= 0.6 is 11.8 Å². The molecule has 1 saturated heterocycles. The van der Waals surface area contributed by atoms with Gasteiger partial charge >= 0.3 is 6.03 Å². The van der Waals surface area contributed by atoms with E-state index >= 15 is 0 Å². The number of thioether (sulfide) groups is 1. The molecule has 1 aliphatic rings. The predicted octanol–water partition coefficient (Wildman–Crippen LogP) is 4.87. The number of amides is 2. The third-order valence-corrected chi connectivity index (χ3v) is 5.65. The van der Waals surface area contributed by atoms with Gasteiger partial charge in [-0.2, -0.15) is 4.98 Å². The van der Waals surface area contributed by atoms with Gasteiger partial charge in [-0.3, -0.25) is 0 Å². The van der Waals surface area contributed by atoms with Gasteiger partial charge in [0.05, 0.1) is 0 Å². The Morgan fingerprint density at radius 3 is 2.68 bits per heavy atom. The Labute approximate surface area is 168 Å². The third-order valence-electron chi connectivity index (χ3n) is 4.93. The zero-order valence-corrected chi connectivity index (χ0v) is 16.5. The van der Waals surface area contributed by atoms with E-state index in [1.165, 1.54) is 0 Å². The van der Waals surface area contributed by atoms with Crippen molar-refractivity contribution in [3.8, 4) is 11.4 Å². The Balaban J connectivity index is 1.34. The van der Waals surface area contributed by atoms with E-state index in [4.69, 9.17) is 4.52 Å². The van der Waals surface area contributed by atoms with Crippen LogP contribution in [0, 0.1) is 0 Å². The number of urea groups is 1. The molecule has 0 radical (unpaired) electrons. The highest BCUT2D eigenvalue weighted by Crippen LogP contribution is 2.29. The molecule has 1 aliphatic heterocycles. The molecule has 3 aromatic rings. The van der Waals surface area contributed by atoms with Gasteiger partial charge in [-0.25, -0.2) is 4.79 Å². The smallest absolute Gasteiger partial charge is 0.321 e. The van der Waals surface area contributed by atoms with E-state index in [0.717, 1.165) is 29.0 Å². The van der Waals surface area contributed by atoms with E-state index in [-0.39, 0.29) is 11.9 Å². The fraction of sp³-hybridized carbons (Fsp3) is 0.286. The second-order valence-electron chi connectivity index (χ2n) is 6.75. The van der Waals surface area contributed by atoms with E-state index in [9.17, 15) is 4.79 Å². The normalized spacial score (nSPS) is 14.8. The molecule has 0 aliphatic carbocycles. The molecule has 0 unspecified atom stereocenters. The standard InChI is InChI=1S/C21H22N4O2S/c1-28-18-9-5-8-17(14-18)22-21(26)25-12-10-16(11-13-25)20-23-19(24-27-20)15-6-3-2-4-7-15/h2-9,14,16H,10-13H2,1H3,(H,22,26). The first kappa shape index (κ1) is 18.6. The summed E-state index contributed by atoms with van der Waals surface area (Å²) in [5.41, 5.74) is 1.77. The first-order chi connectivity index (χ1) is 13.7. The van der Waals surface area contributed by atoms with Gasteiger partial charge in [0.25, 0.3) is 0 Å². The Morgan fingerprint density at radius 2 is 1.93 bits per heavy atom. The minimum absolute atomic E-state index is 0.0628. The topological polar surface area (TPSA) is 71.3 Å². The van der Waals surface area contributed by atoms with Crippen molar-refractivity contribution in [2.24, 2.45) is 0 Å². The molecular formula is C21H22N4O2S. The van der Waals surface area contributed by atoms with Crippen LogP contribution < -0.4 is 5.32 Å². The minimum atomic E-state index is -0.0628. The van der Waals surface area contributed by atoms with Crippen molar-refractivity contribution in [2.75, 3.05) is 24.7 Å². The number of hydrogen-bond acceptors (Lipinski definition) is 5. The molecule has 144 valence electrons. The van der Waals surface area contributed by atoms with Crippen LogP contribution in [-0.4, -0.2) is 40.4 Å². The largest absolute Gasteiger partial charge is 0.339 e. The Hall–Kier alpha value is -2.80. The summed E-state index contributed by atoms with van der Waals surface area (Å²) in [5.74, 6) is 1.46. The van der Waals surface area contributed by atoms with E-state index in [2.05, 4.69) is 15.5 Å². The molecule has 7 heteroatoms. The molecule has 6 nitrogen and oxygen atoms in total. The monoisotopic (exact) mass is 394 g/mol. The van der Waals surface area contributed by atoms with Crippen LogP contribution in [0.3, 0.4) is 0 Å². The molecule has 1 aromatic heterocycles. The average molecular weight is 395 g/mol. The summed E-state index contributed by atoms with van der Waals surface area (Å²) < 4.78 is 5.49. The van der Waals surface area contributed by atoms with Crippen molar-refractivity contribution in [1.82, 2.24) is 15.0 Å². The molecular weight excluding hydrogens is 372 g/mol. The van der Waals surface area contributed by atoms with Gasteiger partial charge < -0.3 is 14.7 Å². The van der Waals surface area contributed by atoms with Crippen LogP contribution in [0.4, 0.5) is 10.5 Å². The lowest BCUT2D eigenvalue weighted by atomic mass is 9.97. The van der Waals surface area contributed by atoms with Gasteiger partial charge in [0.2, 0.25) is 11.7 Å². The van der Waals surface area contributed by atoms with E-state index in [1.807, 2.05) is 65.8 Å². The summed E-state index contributed by atoms with van der Waals surface area (Å²) in [5, 5.41) is 7.10. The van der Waals surface area contributed by atoms with Crippen molar-refractivity contribution in [2.45, 2.75) is 23.7 Å². The first-order valence-electron chi connectivity index (χ1n) is 9.32. The maximum Gasteiger partial charge on any atom is 0.321 e. The van der Waals surface area contributed by atoms with E-state index in [0.29, 0.717) is 24.8 Å². The molecule has 1 N–H and O–H groups in total. The summed E-state index contributed by atoms with van der Waals surface area (Å²) in [7, 11) is 0. The fourth-order valence-corrected chi connectivity index (χ4v) is 3.80. The number of hydrogen-bond donors (Lipinski definition) is 1. The molecule has 2 heterocycles. The number of nitrogens with one attached hydrogen (secondary N) is 1. The molecule has 0 bridgehead atoms. The highest BCUT2D eigenvalue weighted by molar-refractivity contribution is 7.98. The van der Waals surface area contributed by atoms with Crippen molar-refractivity contribution >= 4 is 23.5 Å². The second kappa shape index (κ2) is 8.48. The highest BCUT2D eigenvalue weighted by atomic mass is 32.2. The fourth-order valence-electron chi connectivity index (χ4n) is 3.34. The minimum Gasteiger partial charge on any atom is -0.339 e. The summed E-state index contributed by atoms with van der Waals surface area (Å²) in [6.45, 7) is 1.34. The zero-order chi connectivity index (χ0) is 19.3. The number of likely N-dealkylation sites (tertiary alicyclic amines) is 1. The lowest BCUT2D eigenvalue weighted by Gasteiger charge is -2.30. The average Bonchev–Trinajstić information content (AvgIpc) is 3.25. The second-order valence-corrected chi connectivity index (χ2v) is 7.63. The summed E-state index contributed by atoms with van der Waals surface area (Å²) >= 11 is 1.66. The Morgan fingerprint density at radius 1 is 1.14 bits per heavy atom. The number of anilines is 1. The summed E-state index contributed by atoms with van der Waals surface area (Å²) in [6.07, 6.45) is 3.65. The van der Waals surface area contributed by atoms with Gasteiger partial charge in [-0.1, -0.05) is 41.6 Å². The molecule has 1 fully saturated rings. The van der Waals surface area contributed by atoms with Gasteiger partial charge in [0, 0.05) is 35.2 Å². The van der Waals surface area contributed by atoms with Gasteiger partial charge in [-0.15, -0.1) is 11.8 Å². The molecule has 2 aromatic carbocycles. The van der Waals surface area contributed by atoms with Crippen LogP contribution in [0.15, 0.2) is 64.0 Å². The van der Waals surface area contributed by atoms with Crippen LogP contribution in [0.1, 0.15) is 24.7 Å². The van der Waals surface area contributed by atoms with Crippen LogP contribution in [0.5, 0.6) is 0 Å². The molecule has 4 rings (SSSR count). The van der Waals surface area contributed by atoms with E-state index < -0.39 is 0 Å². The van der Waals surface area contributed by atoms with Crippen LogP contribution in [-0.2, 0) is 0 Å². The summed E-state index contributed by atoms with van der Waals surface area (Å²) in [6, 6.07) is 17.6. The Kier molecular flexibility index (Phi) is 5.62. The maximum absolute atomic E-state index is 12.6. The number of carbonyl (C=O) groups excluding carboxylic acids is 1. The zero-order valence-electron chi connectivity index (χ0n) is 15.7. The number of aromatic nitrogens is 2. The van der Waals surface area contributed by atoms with Crippen molar-refractivity contribution in [1.29, 1.82) is 0 Å². The van der Waals surface area contributed by atoms with Crippen molar-refractivity contribution in [3.63, 3.8) is 0 Å². The molecule has 28 heavy (non-hydrogen) atoms. The molecule has 0 saturated carbocycles. The van der Waals surface area contributed by atoms with E-state index in [1.54, 1.807) is 11.8 Å². The third kappa shape index (κ3) is 4.20. The predicted molar refractivity (Wildman–Crippen MR) is 111 cm³/mol. The molecule has 0 atom stereocenters. The Bertz CT molecular complexity index is 936. The summed E-state index contributed by atoms with van der Waals surface area (Å²) in [4.78, 5) is 20.1. The number of piperidine rings is 1. The maximum atomic E-state index is 12.6. The van der Waals surface area contributed by atoms with Crippen molar-refractivity contribution in [3.05, 3.63) is 60.5 Å². The molecule has 0 spiro atoms. The van der Waals surface area contributed by atoms with Gasteiger partial charge in [-0.05, 0) is 37.3 Å². The van der Waals surface area contributed by atoms with Crippen LogP contribution in [0.2, 0.25) is 0 Å². The van der Waals surface area contributed by atoms with Crippen molar-refractivity contribution < 1.29 is 9.32 Å². The van der Waals surface area contributed by atoms with Gasteiger partial charge in [0.1, 0.15) is 0 Å². The quantitative estimate of drug-likeness (QED) is 0.639.